The van der Waals surface area contributed by atoms with Crippen LogP contribution in [0.3, 0.4) is 0 Å². The molecular formula is C21H24N4O5S. The Labute approximate surface area is 181 Å². The predicted octanol–water partition coefficient (Wildman–Crippen LogP) is 1.73. The Bertz CT molecular complexity index is 1100. The van der Waals surface area contributed by atoms with Gasteiger partial charge in [-0.15, -0.1) is 0 Å². The third-order valence-corrected chi connectivity index (χ3v) is 7.02. The fourth-order valence-electron chi connectivity index (χ4n) is 3.40. The Hall–Kier alpha value is -3.24. The van der Waals surface area contributed by atoms with Crippen molar-refractivity contribution >= 4 is 33.6 Å². The highest BCUT2D eigenvalue weighted by atomic mass is 32.2. The Morgan fingerprint density at radius 1 is 1.06 bits per heavy atom. The maximum absolute atomic E-state index is 13.1. The Morgan fingerprint density at radius 2 is 1.68 bits per heavy atom. The van der Waals surface area contributed by atoms with Crippen LogP contribution in [-0.4, -0.2) is 56.1 Å². The lowest BCUT2D eigenvalue weighted by Crippen LogP contribution is -2.44. The lowest BCUT2D eigenvalue weighted by Gasteiger charge is -2.25. The highest BCUT2D eigenvalue weighted by molar-refractivity contribution is 7.89. The number of imide groups is 1. The number of sulfonamides is 1. The van der Waals surface area contributed by atoms with Crippen molar-refractivity contribution < 1.29 is 22.8 Å². The average Bonchev–Trinajstić information content (AvgIpc) is 2.99. The molecular weight excluding hydrogens is 420 g/mol. The molecule has 0 radical (unpaired) electrons. The highest BCUT2D eigenvalue weighted by Gasteiger charge is 2.51. The first-order valence-electron chi connectivity index (χ1n) is 9.64. The van der Waals surface area contributed by atoms with Gasteiger partial charge in [0.15, 0.2) is 0 Å². The van der Waals surface area contributed by atoms with Gasteiger partial charge in [-0.25, -0.2) is 17.5 Å². The molecule has 3 rings (SSSR count). The van der Waals surface area contributed by atoms with Crippen molar-refractivity contribution in [3.63, 3.8) is 0 Å². The summed E-state index contributed by atoms with van der Waals surface area (Å²) in [6.07, 6.45) is 0.335. The molecule has 1 fully saturated rings. The van der Waals surface area contributed by atoms with Crippen LogP contribution in [0, 0.1) is 0 Å². The van der Waals surface area contributed by atoms with Crippen LogP contribution >= 0.6 is 0 Å². The number of urea groups is 1. The number of rotatable bonds is 7. The lowest BCUT2D eigenvalue weighted by molar-refractivity contribution is -0.134. The Kier molecular flexibility index (Phi) is 6.14. The van der Waals surface area contributed by atoms with E-state index in [1.807, 2.05) is 6.07 Å². The van der Waals surface area contributed by atoms with E-state index in [9.17, 15) is 22.8 Å². The monoisotopic (exact) mass is 444 g/mol. The van der Waals surface area contributed by atoms with Gasteiger partial charge in [-0.3, -0.25) is 14.5 Å². The maximum Gasteiger partial charge on any atom is 0.325 e. The number of carbonyl (C=O) groups is 3. The molecule has 0 aliphatic carbocycles. The van der Waals surface area contributed by atoms with Crippen LogP contribution in [0.4, 0.5) is 10.5 Å². The summed E-state index contributed by atoms with van der Waals surface area (Å²) in [5.74, 6) is -1.07. The first-order chi connectivity index (χ1) is 14.6. The molecule has 0 bridgehead atoms. The van der Waals surface area contributed by atoms with Crippen molar-refractivity contribution in [1.29, 1.82) is 0 Å². The second-order valence-corrected chi connectivity index (χ2v) is 9.46. The molecule has 1 saturated heterocycles. The van der Waals surface area contributed by atoms with Gasteiger partial charge in [-0.05, 0) is 36.2 Å². The fourth-order valence-corrected chi connectivity index (χ4v) is 4.30. The number of hydrogen-bond acceptors (Lipinski definition) is 5. The molecule has 0 unspecified atom stereocenters. The summed E-state index contributed by atoms with van der Waals surface area (Å²) in [7, 11) is -0.732. The molecule has 164 valence electrons. The molecule has 2 aromatic rings. The summed E-state index contributed by atoms with van der Waals surface area (Å²) in [6.45, 7) is 1.33. The summed E-state index contributed by atoms with van der Waals surface area (Å²) in [5.41, 5.74) is -0.211. The van der Waals surface area contributed by atoms with Gasteiger partial charge < -0.3 is 10.6 Å². The number of hydrogen-bond donors (Lipinski definition) is 2. The van der Waals surface area contributed by atoms with Crippen LogP contribution in [0.2, 0.25) is 0 Å². The van der Waals surface area contributed by atoms with E-state index in [-0.39, 0.29) is 4.90 Å². The molecule has 9 nitrogen and oxygen atoms in total. The number of anilines is 1. The first-order valence-corrected chi connectivity index (χ1v) is 11.1. The standard InChI is InChI=1S/C21H24N4O5S/c1-4-21(15-8-6-5-7-9-15)19(27)25(20(28)23-21)14-18(26)22-16-10-12-17(13-11-16)31(29,30)24(2)3/h5-13H,4,14H2,1-3H3,(H,22,26)(H,23,28)/t21-/m1/s1. The van der Waals surface area contributed by atoms with E-state index in [4.69, 9.17) is 0 Å². The fraction of sp³-hybridized carbons (Fsp3) is 0.286. The van der Waals surface area contributed by atoms with Crippen molar-refractivity contribution in [2.75, 3.05) is 26.0 Å². The van der Waals surface area contributed by atoms with Crippen LogP contribution in [0.5, 0.6) is 0 Å². The molecule has 1 aliphatic heterocycles. The van der Waals surface area contributed by atoms with E-state index in [2.05, 4.69) is 10.6 Å². The Balaban J connectivity index is 1.72. The van der Waals surface area contributed by atoms with E-state index >= 15 is 0 Å². The summed E-state index contributed by atoms with van der Waals surface area (Å²) < 4.78 is 25.3. The maximum atomic E-state index is 13.1. The van der Waals surface area contributed by atoms with E-state index in [1.165, 1.54) is 38.4 Å². The van der Waals surface area contributed by atoms with Gasteiger partial charge in [-0.1, -0.05) is 37.3 Å². The second-order valence-electron chi connectivity index (χ2n) is 7.31. The van der Waals surface area contributed by atoms with E-state index in [0.717, 1.165) is 9.21 Å². The van der Waals surface area contributed by atoms with Crippen molar-refractivity contribution in [2.24, 2.45) is 0 Å². The number of carbonyl (C=O) groups excluding carboxylic acids is 3. The normalized spacial score (nSPS) is 18.9. The molecule has 4 amide bonds. The number of benzene rings is 2. The molecule has 0 spiro atoms. The molecule has 31 heavy (non-hydrogen) atoms. The van der Waals surface area contributed by atoms with Crippen LogP contribution in [0.1, 0.15) is 18.9 Å². The van der Waals surface area contributed by atoms with Crippen LogP contribution in [0.15, 0.2) is 59.5 Å². The van der Waals surface area contributed by atoms with Gasteiger partial charge in [0.05, 0.1) is 4.90 Å². The van der Waals surface area contributed by atoms with Crippen LogP contribution in [0.25, 0.3) is 0 Å². The predicted molar refractivity (Wildman–Crippen MR) is 115 cm³/mol. The number of amides is 4. The smallest absolute Gasteiger partial charge is 0.325 e. The highest BCUT2D eigenvalue weighted by Crippen LogP contribution is 2.32. The minimum atomic E-state index is -3.58. The zero-order valence-corrected chi connectivity index (χ0v) is 18.3. The SMILES string of the molecule is CC[C@]1(c2ccccc2)NC(=O)N(CC(=O)Nc2ccc(S(=O)(=O)N(C)C)cc2)C1=O. The average molecular weight is 445 g/mol. The van der Waals surface area contributed by atoms with Gasteiger partial charge in [0.25, 0.3) is 5.91 Å². The van der Waals surface area contributed by atoms with Crippen LogP contribution in [-0.2, 0) is 25.2 Å². The van der Waals surface area contributed by atoms with Gasteiger partial charge in [0, 0.05) is 19.8 Å². The quantitative estimate of drug-likeness (QED) is 0.631. The molecule has 1 heterocycles. The first kappa shape index (κ1) is 22.4. The molecule has 10 heteroatoms. The van der Waals surface area contributed by atoms with Crippen molar-refractivity contribution in [3.8, 4) is 0 Å². The molecule has 2 N–H and O–H groups in total. The van der Waals surface area contributed by atoms with E-state index < -0.39 is 40.0 Å². The summed E-state index contributed by atoms with van der Waals surface area (Å²) in [6, 6.07) is 13.9. The van der Waals surface area contributed by atoms with Crippen LogP contribution < -0.4 is 10.6 Å². The van der Waals surface area contributed by atoms with Gasteiger partial charge in [-0.2, -0.15) is 0 Å². The van der Waals surface area contributed by atoms with Gasteiger partial charge in [0.1, 0.15) is 12.1 Å². The zero-order chi connectivity index (χ0) is 22.8. The zero-order valence-electron chi connectivity index (χ0n) is 17.5. The second kappa shape index (κ2) is 8.48. The van der Waals surface area contributed by atoms with Crippen molar-refractivity contribution in [1.82, 2.24) is 14.5 Å². The topological polar surface area (TPSA) is 116 Å². The van der Waals surface area contributed by atoms with Crippen molar-refractivity contribution in [3.05, 3.63) is 60.2 Å². The molecule has 0 aromatic heterocycles. The van der Waals surface area contributed by atoms with Gasteiger partial charge in [0.2, 0.25) is 15.9 Å². The number of nitrogens with zero attached hydrogens (tertiary/aromatic N) is 2. The molecule has 1 atom stereocenters. The summed E-state index contributed by atoms with van der Waals surface area (Å²) in [5, 5.41) is 5.30. The summed E-state index contributed by atoms with van der Waals surface area (Å²) >= 11 is 0. The van der Waals surface area contributed by atoms with Gasteiger partial charge >= 0.3 is 6.03 Å². The minimum Gasteiger partial charge on any atom is -0.325 e. The Morgan fingerprint density at radius 3 is 2.23 bits per heavy atom. The molecule has 1 aliphatic rings. The lowest BCUT2D eigenvalue weighted by atomic mass is 9.87. The minimum absolute atomic E-state index is 0.0835. The van der Waals surface area contributed by atoms with E-state index in [1.54, 1.807) is 31.2 Å². The molecule has 2 aromatic carbocycles. The van der Waals surface area contributed by atoms with Crippen molar-refractivity contribution in [2.45, 2.75) is 23.8 Å². The largest absolute Gasteiger partial charge is 0.325 e. The van der Waals surface area contributed by atoms with E-state index in [0.29, 0.717) is 17.7 Å². The summed E-state index contributed by atoms with van der Waals surface area (Å²) in [4.78, 5) is 39.0. The molecule has 0 saturated carbocycles. The third kappa shape index (κ3) is 4.17. The number of nitrogens with one attached hydrogen (secondary N) is 2. The third-order valence-electron chi connectivity index (χ3n) is 5.19.